The molecular formula is C13H24N4. The van der Waals surface area contributed by atoms with Crippen LogP contribution in [0.1, 0.15) is 39.4 Å². The van der Waals surface area contributed by atoms with E-state index in [0.29, 0.717) is 5.92 Å². The normalized spacial score (nSPS) is 10.6. The molecule has 0 amide bonds. The summed E-state index contributed by atoms with van der Waals surface area (Å²) in [6, 6.07) is 1.97. The molecule has 0 saturated carbocycles. The van der Waals surface area contributed by atoms with Gasteiger partial charge in [-0.15, -0.1) is 0 Å². The van der Waals surface area contributed by atoms with Gasteiger partial charge in [-0.3, -0.25) is 0 Å². The van der Waals surface area contributed by atoms with E-state index in [1.165, 1.54) is 12.8 Å². The van der Waals surface area contributed by atoms with Crippen molar-refractivity contribution in [1.82, 2.24) is 9.97 Å². The van der Waals surface area contributed by atoms with Crippen LogP contribution in [-0.2, 0) is 0 Å². The number of rotatable bonds is 7. The number of aromatic nitrogens is 2. The van der Waals surface area contributed by atoms with Crippen molar-refractivity contribution < 1.29 is 0 Å². The van der Waals surface area contributed by atoms with Crippen molar-refractivity contribution in [3.63, 3.8) is 0 Å². The van der Waals surface area contributed by atoms with Crippen LogP contribution in [0.15, 0.2) is 6.07 Å². The second-order valence-electron chi connectivity index (χ2n) is 4.28. The van der Waals surface area contributed by atoms with Gasteiger partial charge in [0.05, 0.1) is 0 Å². The first kappa shape index (κ1) is 13.7. The van der Waals surface area contributed by atoms with Crippen molar-refractivity contribution in [3.8, 4) is 0 Å². The van der Waals surface area contributed by atoms with Crippen LogP contribution in [0, 0.1) is 12.8 Å². The average molecular weight is 236 g/mol. The van der Waals surface area contributed by atoms with E-state index in [0.717, 1.165) is 30.5 Å². The highest BCUT2D eigenvalue weighted by atomic mass is 15.1. The van der Waals surface area contributed by atoms with E-state index >= 15 is 0 Å². The number of anilines is 2. The number of nitrogens with one attached hydrogen (secondary N) is 2. The number of hydrogen-bond acceptors (Lipinski definition) is 4. The third-order valence-corrected chi connectivity index (χ3v) is 2.92. The summed E-state index contributed by atoms with van der Waals surface area (Å²) in [5.41, 5.74) is 0. The van der Waals surface area contributed by atoms with E-state index in [1.54, 1.807) is 0 Å². The molecular weight excluding hydrogens is 212 g/mol. The molecule has 0 bridgehead atoms. The highest BCUT2D eigenvalue weighted by Gasteiger charge is 2.05. The molecule has 1 aromatic rings. The third kappa shape index (κ3) is 4.59. The molecule has 2 N–H and O–H groups in total. The Bertz CT molecular complexity index is 334. The lowest BCUT2D eigenvalue weighted by molar-refractivity contribution is 0.518. The zero-order valence-corrected chi connectivity index (χ0v) is 11.4. The molecule has 0 aliphatic heterocycles. The monoisotopic (exact) mass is 236 g/mol. The van der Waals surface area contributed by atoms with Gasteiger partial charge in [0.15, 0.2) is 0 Å². The highest BCUT2D eigenvalue weighted by molar-refractivity contribution is 5.47. The number of hydrogen-bond donors (Lipinski definition) is 2. The quantitative estimate of drug-likeness (QED) is 0.764. The smallest absolute Gasteiger partial charge is 0.131 e. The fourth-order valence-corrected chi connectivity index (χ4v) is 1.76. The maximum atomic E-state index is 4.39. The Morgan fingerprint density at radius 3 is 2.18 bits per heavy atom. The van der Waals surface area contributed by atoms with E-state index in [4.69, 9.17) is 0 Å². The van der Waals surface area contributed by atoms with Crippen LogP contribution in [-0.4, -0.2) is 23.1 Å². The van der Waals surface area contributed by atoms with Gasteiger partial charge in [-0.25, -0.2) is 9.97 Å². The van der Waals surface area contributed by atoms with Crippen molar-refractivity contribution >= 4 is 11.6 Å². The van der Waals surface area contributed by atoms with Gasteiger partial charge in [-0.1, -0.05) is 26.7 Å². The Kier molecular flexibility index (Phi) is 5.73. The molecule has 0 fully saturated rings. The fraction of sp³-hybridized carbons (Fsp3) is 0.692. The molecule has 0 radical (unpaired) electrons. The lowest BCUT2D eigenvalue weighted by atomic mass is 10.0. The topological polar surface area (TPSA) is 49.8 Å². The lowest BCUT2D eigenvalue weighted by Gasteiger charge is -2.14. The largest absolute Gasteiger partial charge is 0.370 e. The van der Waals surface area contributed by atoms with Gasteiger partial charge in [0.25, 0.3) is 0 Å². The zero-order chi connectivity index (χ0) is 12.7. The summed E-state index contributed by atoms with van der Waals surface area (Å²) in [5, 5.41) is 6.61. The third-order valence-electron chi connectivity index (χ3n) is 2.92. The second kappa shape index (κ2) is 7.09. The predicted molar refractivity (Wildman–Crippen MR) is 73.5 cm³/mol. The fourth-order valence-electron chi connectivity index (χ4n) is 1.76. The standard InChI is InChI=1S/C13H24N4/c1-5-11(6-2)9-15-13-8-12(14-7-3)16-10(4)17-13/h8,11H,5-7,9H2,1-4H3,(H2,14,15,16,17). The minimum Gasteiger partial charge on any atom is -0.370 e. The van der Waals surface area contributed by atoms with Crippen molar-refractivity contribution in [3.05, 3.63) is 11.9 Å². The first-order valence-electron chi connectivity index (χ1n) is 6.52. The molecule has 4 nitrogen and oxygen atoms in total. The van der Waals surface area contributed by atoms with Crippen molar-refractivity contribution in [2.24, 2.45) is 5.92 Å². The van der Waals surface area contributed by atoms with Gasteiger partial charge in [-0.05, 0) is 19.8 Å². The van der Waals surface area contributed by atoms with Gasteiger partial charge in [0, 0.05) is 19.2 Å². The highest BCUT2D eigenvalue weighted by Crippen LogP contribution is 2.13. The maximum Gasteiger partial charge on any atom is 0.131 e. The molecule has 17 heavy (non-hydrogen) atoms. The molecule has 0 saturated heterocycles. The zero-order valence-electron chi connectivity index (χ0n) is 11.4. The van der Waals surface area contributed by atoms with Gasteiger partial charge >= 0.3 is 0 Å². The molecule has 1 rings (SSSR count). The van der Waals surface area contributed by atoms with Crippen molar-refractivity contribution in [1.29, 1.82) is 0 Å². The van der Waals surface area contributed by atoms with Crippen LogP contribution in [0.25, 0.3) is 0 Å². The molecule has 96 valence electrons. The lowest BCUT2D eigenvalue weighted by Crippen LogP contribution is -2.14. The predicted octanol–water partition coefficient (Wildman–Crippen LogP) is 3.06. The molecule has 0 unspecified atom stereocenters. The van der Waals surface area contributed by atoms with E-state index in [1.807, 2.05) is 13.0 Å². The van der Waals surface area contributed by atoms with E-state index in [2.05, 4.69) is 41.4 Å². The van der Waals surface area contributed by atoms with Gasteiger partial charge in [-0.2, -0.15) is 0 Å². The average Bonchev–Trinajstić information content (AvgIpc) is 2.30. The molecule has 0 aliphatic rings. The molecule has 0 aliphatic carbocycles. The molecule has 0 aromatic carbocycles. The minimum absolute atomic E-state index is 0.716. The van der Waals surface area contributed by atoms with Crippen molar-refractivity contribution in [2.45, 2.75) is 40.5 Å². The molecule has 1 heterocycles. The Hall–Kier alpha value is -1.32. The summed E-state index contributed by atoms with van der Waals surface area (Å²) < 4.78 is 0. The van der Waals surface area contributed by atoms with Crippen LogP contribution < -0.4 is 10.6 Å². The van der Waals surface area contributed by atoms with E-state index in [9.17, 15) is 0 Å². The Morgan fingerprint density at radius 1 is 1.06 bits per heavy atom. The first-order valence-corrected chi connectivity index (χ1v) is 6.52. The molecule has 0 spiro atoms. The second-order valence-corrected chi connectivity index (χ2v) is 4.28. The van der Waals surface area contributed by atoms with Crippen molar-refractivity contribution in [2.75, 3.05) is 23.7 Å². The summed E-state index contributed by atoms with van der Waals surface area (Å²) in [7, 11) is 0. The van der Waals surface area contributed by atoms with E-state index < -0.39 is 0 Å². The Labute approximate surface area is 104 Å². The molecule has 1 aromatic heterocycles. The summed E-state index contributed by atoms with van der Waals surface area (Å²) in [4.78, 5) is 8.72. The van der Waals surface area contributed by atoms with Gasteiger partial charge in [0.2, 0.25) is 0 Å². The first-order chi connectivity index (χ1) is 8.19. The van der Waals surface area contributed by atoms with Crippen LogP contribution in [0.2, 0.25) is 0 Å². The summed E-state index contributed by atoms with van der Waals surface area (Å²) in [5.74, 6) is 3.33. The van der Waals surface area contributed by atoms with Crippen LogP contribution in [0.3, 0.4) is 0 Å². The number of aryl methyl sites for hydroxylation is 1. The molecule has 0 atom stereocenters. The van der Waals surface area contributed by atoms with Gasteiger partial charge in [0.1, 0.15) is 17.5 Å². The maximum absolute atomic E-state index is 4.39. The minimum atomic E-state index is 0.716. The van der Waals surface area contributed by atoms with Crippen LogP contribution >= 0.6 is 0 Å². The summed E-state index contributed by atoms with van der Waals surface area (Å²) in [6.07, 6.45) is 2.40. The molecule has 4 heteroatoms. The van der Waals surface area contributed by atoms with Crippen LogP contribution in [0.4, 0.5) is 11.6 Å². The van der Waals surface area contributed by atoms with E-state index in [-0.39, 0.29) is 0 Å². The Balaban J connectivity index is 2.63. The SMILES string of the molecule is CCNc1cc(NCC(CC)CC)nc(C)n1. The summed E-state index contributed by atoms with van der Waals surface area (Å²) >= 11 is 0. The van der Waals surface area contributed by atoms with Crippen LogP contribution in [0.5, 0.6) is 0 Å². The Morgan fingerprint density at radius 2 is 1.65 bits per heavy atom. The summed E-state index contributed by atoms with van der Waals surface area (Å²) in [6.45, 7) is 10.3. The number of nitrogens with zero attached hydrogens (tertiary/aromatic N) is 2. The van der Waals surface area contributed by atoms with Gasteiger partial charge < -0.3 is 10.6 Å².